The Morgan fingerprint density at radius 1 is 1.53 bits per heavy atom. The highest BCUT2D eigenvalue weighted by Gasteiger charge is 2.19. The molecule has 2 rings (SSSR count). The molecule has 0 atom stereocenters. The summed E-state index contributed by atoms with van der Waals surface area (Å²) in [6.45, 7) is 2.27. The van der Waals surface area contributed by atoms with Crippen LogP contribution in [0.1, 0.15) is 12.8 Å². The molecule has 100 valence electrons. The molecule has 0 unspecified atom stereocenters. The van der Waals surface area contributed by atoms with Crippen LogP contribution in [0.3, 0.4) is 0 Å². The molecule has 0 aliphatic carbocycles. The van der Waals surface area contributed by atoms with Gasteiger partial charge in [-0.1, -0.05) is 0 Å². The zero-order valence-electron chi connectivity index (χ0n) is 10.5. The Kier molecular flexibility index (Phi) is 4.26. The number of nitriles is 1. The van der Waals surface area contributed by atoms with Crippen LogP contribution in [0.5, 0.6) is 0 Å². The zero-order chi connectivity index (χ0) is 13.7. The third-order valence-electron chi connectivity index (χ3n) is 3.19. The first-order valence-corrected chi connectivity index (χ1v) is 6.15. The molecule has 1 aliphatic rings. The molecule has 0 amide bonds. The van der Waals surface area contributed by atoms with Gasteiger partial charge in [-0.15, -0.1) is 0 Å². The lowest BCUT2D eigenvalue weighted by Gasteiger charge is -2.30. The number of piperidine rings is 1. The van der Waals surface area contributed by atoms with Gasteiger partial charge in [0.2, 0.25) is 0 Å². The summed E-state index contributed by atoms with van der Waals surface area (Å²) in [6.07, 6.45) is 3.40. The van der Waals surface area contributed by atoms with Crippen LogP contribution in [0.25, 0.3) is 0 Å². The molecule has 1 saturated heterocycles. The fraction of sp³-hybridized carbons (Fsp3) is 0.500. The molecule has 7 nitrogen and oxygen atoms in total. The Labute approximate surface area is 111 Å². The van der Waals surface area contributed by atoms with E-state index in [1.165, 1.54) is 12.3 Å². The van der Waals surface area contributed by atoms with Crippen LogP contribution in [-0.4, -0.2) is 40.5 Å². The van der Waals surface area contributed by atoms with Crippen molar-refractivity contribution in [3.05, 3.63) is 28.4 Å². The molecular formula is C12H15N5O2. The predicted molar refractivity (Wildman–Crippen MR) is 69.6 cm³/mol. The monoisotopic (exact) mass is 261 g/mol. The molecule has 1 fully saturated rings. The lowest BCUT2D eigenvalue weighted by molar-refractivity contribution is -0.389. The molecule has 0 bridgehead atoms. The number of likely N-dealkylation sites (tertiary alicyclic amines) is 1. The van der Waals surface area contributed by atoms with Crippen molar-refractivity contribution in [2.75, 3.05) is 25.0 Å². The topological polar surface area (TPSA) is 95.1 Å². The van der Waals surface area contributed by atoms with Gasteiger partial charge in [-0.25, -0.2) is 0 Å². The summed E-state index contributed by atoms with van der Waals surface area (Å²) in [4.78, 5) is 15.9. The summed E-state index contributed by atoms with van der Waals surface area (Å²) in [7, 11) is 0. The van der Waals surface area contributed by atoms with Crippen molar-refractivity contribution in [1.29, 1.82) is 5.26 Å². The summed E-state index contributed by atoms with van der Waals surface area (Å²) in [5, 5.41) is 22.4. The molecule has 1 aromatic rings. The Morgan fingerprint density at radius 3 is 2.79 bits per heavy atom. The second kappa shape index (κ2) is 6.11. The van der Waals surface area contributed by atoms with E-state index in [9.17, 15) is 10.1 Å². The highest BCUT2D eigenvalue weighted by atomic mass is 16.6. The smallest absolute Gasteiger partial charge is 0.363 e. The van der Waals surface area contributed by atoms with E-state index in [2.05, 4.69) is 21.3 Å². The third-order valence-corrected chi connectivity index (χ3v) is 3.19. The van der Waals surface area contributed by atoms with Gasteiger partial charge in [-0.05, 0) is 28.8 Å². The minimum Gasteiger partial charge on any atom is -0.379 e. The molecule has 0 aromatic carbocycles. The van der Waals surface area contributed by atoms with Gasteiger partial charge in [0.25, 0.3) is 0 Å². The van der Waals surface area contributed by atoms with Crippen LogP contribution in [0, 0.1) is 21.4 Å². The van der Waals surface area contributed by atoms with Crippen molar-refractivity contribution >= 4 is 11.5 Å². The van der Waals surface area contributed by atoms with Crippen LogP contribution in [-0.2, 0) is 0 Å². The largest absolute Gasteiger partial charge is 0.379 e. The van der Waals surface area contributed by atoms with Gasteiger partial charge in [-0.3, -0.25) is 4.90 Å². The van der Waals surface area contributed by atoms with Crippen LogP contribution in [0.2, 0.25) is 0 Å². The van der Waals surface area contributed by atoms with Crippen LogP contribution in [0.15, 0.2) is 18.3 Å². The number of nitrogens with one attached hydrogen (secondary N) is 1. The number of aromatic nitrogens is 1. The van der Waals surface area contributed by atoms with Crippen molar-refractivity contribution in [2.24, 2.45) is 0 Å². The normalized spacial score (nSPS) is 16.8. The minimum atomic E-state index is -0.510. The van der Waals surface area contributed by atoms with Crippen molar-refractivity contribution in [1.82, 2.24) is 9.88 Å². The summed E-state index contributed by atoms with van der Waals surface area (Å²) in [5.41, 5.74) is 0.796. The lowest BCUT2D eigenvalue weighted by atomic mass is 10.0. The van der Waals surface area contributed by atoms with Crippen molar-refractivity contribution in [3.8, 4) is 6.07 Å². The molecule has 2 heterocycles. The molecule has 1 aliphatic heterocycles. The van der Waals surface area contributed by atoms with E-state index in [-0.39, 0.29) is 5.82 Å². The van der Waals surface area contributed by atoms with E-state index in [0.29, 0.717) is 12.6 Å². The second-order valence-electron chi connectivity index (χ2n) is 4.52. The maximum Gasteiger partial charge on any atom is 0.363 e. The van der Waals surface area contributed by atoms with Gasteiger partial charge in [0.05, 0.1) is 18.3 Å². The zero-order valence-corrected chi connectivity index (χ0v) is 10.5. The molecule has 1 aromatic heterocycles. The quantitative estimate of drug-likeness (QED) is 0.500. The van der Waals surface area contributed by atoms with Crippen molar-refractivity contribution < 1.29 is 4.92 Å². The van der Waals surface area contributed by atoms with Gasteiger partial charge in [-0.2, -0.15) is 5.26 Å². The molecule has 0 saturated carbocycles. The van der Waals surface area contributed by atoms with Crippen molar-refractivity contribution in [3.63, 3.8) is 0 Å². The van der Waals surface area contributed by atoms with Gasteiger partial charge in [0.1, 0.15) is 0 Å². The number of anilines is 1. The SMILES string of the molecule is N#CCN1CCC(Nc2ccc([N+](=O)[O-])nc2)CC1. The van der Waals surface area contributed by atoms with E-state index in [1.54, 1.807) is 6.07 Å². The standard InChI is InChI=1S/C12H15N5O2/c13-5-8-16-6-3-10(4-7-16)15-11-1-2-12(14-9-11)17(18)19/h1-2,9-10,15H,3-4,6-8H2. The number of hydrogen-bond donors (Lipinski definition) is 1. The number of rotatable bonds is 4. The molecule has 7 heteroatoms. The van der Waals surface area contributed by atoms with Crippen LogP contribution < -0.4 is 5.32 Å². The number of pyridine rings is 1. The van der Waals surface area contributed by atoms with E-state index in [4.69, 9.17) is 5.26 Å². The minimum absolute atomic E-state index is 0.144. The maximum absolute atomic E-state index is 10.5. The van der Waals surface area contributed by atoms with E-state index < -0.39 is 4.92 Å². The molecule has 0 spiro atoms. The first-order chi connectivity index (χ1) is 9.19. The Hall–Kier alpha value is -2.20. The predicted octanol–water partition coefficient (Wildman–Crippen LogP) is 1.39. The van der Waals surface area contributed by atoms with Crippen LogP contribution >= 0.6 is 0 Å². The fourth-order valence-corrected chi connectivity index (χ4v) is 2.15. The lowest BCUT2D eigenvalue weighted by Crippen LogP contribution is -2.39. The fourth-order valence-electron chi connectivity index (χ4n) is 2.15. The van der Waals surface area contributed by atoms with Gasteiger partial charge in [0, 0.05) is 25.2 Å². The Morgan fingerprint density at radius 2 is 2.26 bits per heavy atom. The number of nitro groups is 1. The molecule has 19 heavy (non-hydrogen) atoms. The Bertz CT molecular complexity index is 474. The van der Waals surface area contributed by atoms with E-state index >= 15 is 0 Å². The van der Waals surface area contributed by atoms with Gasteiger partial charge >= 0.3 is 5.82 Å². The molecule has 1 N–H and O–H groups in total. The first kappa shape index (κ1) is 13.2. The van der Waals surface area contributed by atoms with Gasteiger partial charge < -0.3 is 15.4 Å². The van der Waals surface area contributed by atoms with Crippen LogP contribution in [0.4, 0.5) is 11.5 Å². The average Bonchev–Trinajstić information content (AvgIpc) is 2.42. The number of hydrogen-bond acceptors (Lipinski definition) is 6. The second-order valence-corrected chi connectivity index (χ2v) is 4.52. The summed E-state index contributed by atoms with van der Waals surface area (Å²) >= 11 is 0. The van der Waals surface area contributed by atoms with Gasteiger partial charge in [0.15, 0.2) is 6.20 Å². The number of nitrogens with zero attached hydrogens (tertiary/aromatic N) is 4. The van der Waals surface area contributed by atoms with E-state index in [1.807, 2.05) is 0 Å². The third kappa shape index (κ3) is 3.63. The highest BCUT2D eigenvalue weighted by molar-refractivity contribution is 5.44. The molecular weight excluding hydrogens is 246 g/mol. The van der Waals surface area contributed by atoms with Crippen molar-refractivity contribution in [2.45, 2.75) is 18.9 Å². The average molecular weight is 261 g/mol. The van der Waals surface area contributed by atoms with E-state index in [0.717, 1.165) is 31.6 Å². The first-order valence-electron chi connectivity index (χ1n) is 6.15. The summed E-state index contributed by atoms with van der Waals surface area (Å²) in [5.74, 6) is -0.144. The Balaban J connectivity index is 1.85. The maximum atomic E-state index is 10.5. The highest BCUT2D eigenvalue weighted by Crippen LogP contribution is 2.17. The molecule has 0 radical (unpaired) electrons. The summed E-state index contributed by atoms with van der Waals surface area (Å²) < 4.78 is 0. The summed E-state index contributed by atoms with van der Waals surface area (Å²) in [6, 6.07) is 5.55.